The van der Waals surface area contributed by atoms with Crippen molar-refractivity contribution in [3.8, 4) is 11.6 Å². The maximum Gasteiger partial charge on any atom is 0.289 e. The Morgan fingerprint density at radius 2 is 1.83 bits per heavy atom. The van der Waals surface area contributed by atoms with Crippen molar-refractivity contribution in [2.45, 2.75) is 13.0 Å². The molecule has 1 amide bonds. The minimum atomic E-state index is -0.145. The molecule has 1 aromatic carbocycles. The standard InChI is InChI=1S/C22H22N4O4/c27-21(19-7-4-12-29-19)26-9-8-18-17(15-26)20(30-16-5-2-1-3-6-16)24-22(23-18)25-10-13-28-14-11-25/h1-7,12H,8-11,13-15H2. The highest BCUT2D eigenvalue weighted by molar-refractivity contribution is 5.91. The number of morpholine rings is 1. The van der Waals surface area contributed by atoms with Gasteiger partial charge in [0.1, 0.15) is 5.75 Å². The molecule has 2 aromatic heterocycles. The molecule has 2 aliphatic rings. The molecule has 0 atom stereocenters. The molecule has 0 aliphatic carbocycles. The van der Waals surface area contributed by atoms with E-state index in [9.17, 15) is 4.79 Å². The molecular formula is C22H22N4O4. The summed E-state index contributed by atoms with van der Waals surface area (Å²) in [6.45, 7) is 3.73. The number of aromatic nitrogens is 2. The third-order valence-electron chi connectivity index (χ3n) is 5.28. The smallest absolute Gasteiger partial charge is 0.289 e. The lowest BCUT2D eigenvalue weighted by Crippen LogP contribution is -2.39. The van der Waals surface area contributed by atoms with Crippen LogP contribution in [0.5, 0.6) is 11.6 Å². The summed E-state index contributed by atoms with van der Waals surface area (Å²) in [7, 11) is 0. The molecule has 8 nitrogen and oxygen atoms in total. The van der Waals surface area contributed by atoms with E-state index in [0.29, 0.717) is 56.1 Å². The zero-order valence-electron chi connectivity index (χ0n) is 16.5. The summed E-state index contributed by atoms with van der Waals surface area (Å²) >= 11 is 0. The third-order valence-corrected chi connectivity index (χ3v) is 5.28. The van der Waals surface area contributed by atoms with Gasteiger partial charge in [-0.25, -0.2) is 4.98 Å². The van der Waals surface area contributed by atoms with Gasteiger partial charge in [-0.3, -0.25) is 4.79 Å². The second-order valence-corrected chi connectivity index (χ2v) is 7.22. The Morgan fingerprint density at radius 1 is 1.00 bits per heavy atom. The molecule has 0 radical (unpaired) electrons. The topological polar surface area (TPSA) is 80.9 Å². The first-order valence-corrected chi connectivity index (χ1v) is 10.1. The second-order valence-electron chi connectivity index (χ2n) is 7.22. The predicted molar refractivity (Wildman–Crippen MR) is 109 cm³/mol. The van der Waals surface area contributed by atoms with Gasteiger partial charge in [-0.2, -0.15) is 4.98 Å². The molecule has 8 heteroatoms. The summed E-state index contributed by atoms with van der Waals surface area (Å²) in [5.41, 5.74) is 1.75. The lowest BCUT2D eigenvalue weighted by Gasteiger charge is -2.31. The van der Waals surface area contributed by atoms with Crippen molar-refractivity contribution >= 4 is 11.9 Å². The van der Waals surface area contributed by atoms with E-state index in [1.165, 1.54) is 6.26 Å². The number of benzene rings is 1. The number of hydrogen-bond acceptors (Lipinski definition) is 7. The van der Waals surface area contributed by atoms with Gasteiger partial charge < -0.3 is 23.7 Å². The number of furan rings is 1. The van der Waals surface area contributed by atoms with Crippen LogP contribution in [0, 0.1) is 0 Å². The monoisotopic (exact) mass is 406 g/mol. The largest absolute Gasteiger partial charge is 0.459 e. The first-order valence-electron chi connectivity index (χ1n) is 10.1. The fourth-order valence-electron chi connectivity index (χ4n) is 3.69. The van der Waals surface area contributed by atoms with Gasteiger partial charge in [-0.1, -0.05) is 18.2 Å². The SMILES string of the molecule is O=C(c1ccco1)N1CCc2nc(N3CCOCC3)nc(Oc3ccccc3)c2C1. The van der Waals surface area contributed by atoms with Crippen molar-refractivity contribution in [3.63, 3.8) is 0 Å². The predicted octanol–water partition coefficient (Wildman–Crippen LogP) is 2.90. The van der Waals surface area contributed by atoms with Crippen LogP contribution in [-0.2, 0) is 17.7 Å². The average Bonchev–Trinajstić information content (AvgIpc) is 3.34. The molecule has 3 aromatic rings. The van der Waals surface area contributed by atoms with E-state index in [2.05, 4.69) is 4.90 Å². The van der Waals surface area contributed by atoms with E-state index in [1.807, 2.05) is 30.3 Å². The molecule has 0 unspecified atom stereocenters. The van der Waals surface area contributed by atoms with Gasteiger partial charge in [0.15, 0.2) is 5.76 Å². The number of carbonyl (C=O) groups excluding carboxylic acids is 1. The molecule has 4 heterocycles. The Kier molecular flexibility index (Phi) is 5.06. The van der Waals surface area contributed by atoms with Crippen molar-refractivity contribution in [1.29, 1.82) is 0 Å². The Balaban J connectivity index is 1.49. The van der Waals surface area contributed by atoms with Crippen molar-refractivity contribution in [2.24, 2.45) is 0 Å². The Hall–Kier alpha value is -3.39. The van der Waals surface area contributed by atoms with E-state index < -0.39 is 0 Å². The fraction of sp³-hybridized carbons (Fsp3) is 0.318. The van der Waals surface area contributed by atoms with Gasteiger partial charge in [0.2, 0.25) is 11.8 Å². The highest BCUT2D eigenvalue weighted by Gasteiger charge is 2.29. The quantitative estimate of drug-likeness (QED) is 0.659. The molecule has 2 aliphatic heterocycles. The van der Waals surface area contributed by atoms with Crippen LogP contribution in [0.25, 0.3) is 0 Å². The summed E-state index contributed by atoms with van der Waals surface area (Å²) < 4.78 is 16.9. The van der Waals surface area contributed by atoms with Gasteiger partial charge in [0.25, 0.3) is 5.91 Å². The van der Waals surface area contributed by atoms with E-state index in [0.717, 1.165) is 24.3 Å². The van der Waals surface area contributed by atoms with Gasteiger partial charge in [0.05, 0.1) is 37.3 Å². The van der Waals surface area contributed by atoms with Crippen LogP contribution >= 0.6 is 0 Å². The van der Waals surface area contributed by atoms with Gasteiger partial charge in [-0.05, 0) is 24.3 Å². The summed E-state index contributed by atoms with van der Waals surface area (Å²) in [6.07, 6.45) is 2.14. The normalized spacial score (nSPS) is 16.3. The Labute approximate surface area is 174 Å². The zero-order valence-corrected chi connectivity index (χ0v) is 16.5. The summed E-state index contributed by atoms with van der Waals surface area (Å²) in [5, 5.41) is 0. The van der Waals surface area contributed by atoms with Crippen LogP contribution in [-0.4, -0.2) is 53.6 Å². The number of fused-ring (bicyclic) bond motifs is 1. The van der Waals surface area contributed by atoms with Crippen molar-refractivity contribution in [2.75, 3.05) is 37.7 Å². The van der Waals surface area contributed by atoms with Crippen LogP contribution in [0.4, 0.5) is 5.95 Å². The minimum absolute atomic E-state index is 0.145. The van der Waals surface area contributed by atoms with E-state index >= 15 is 0 Å². The highest BCUT2D eigenvalue weighted by Crippen LogP contribution is 2.32. The Morgan fingerprint density at radius 3 is 2.60 bits per heavy atom. The van der Waals surface area contributed by atoms with Crippen molar-refractivity contribution < 1.29 is 18.7 Å². The van der Waals surface area contributed by atoms with Gasteiger partial charge in [0, 0.05) is 26.1 Å². The number of amides is 1. The first-order chi connectivity index (χ1) is 14.8. The molecular weight excluding hydrogens is 384 g/mol. The maximum absolute atomic E-state index is 12.8. The maximum atomic E-state index is 12.8. The van der Waals surface area contributed by atoms with Gasteiger partial charge >= 0.3 is 0 Å². The summed E-state index contributed by atoms with van der Waals surface area (Å²) in [5.74, 6) is 2.02. The lowest BCUT2D eigenvalue weighted by molar-refractivity contribution is 0.0699. The number of ether oxygens (including phenoxy) is 2. The van der Waals surface area contributed by atoms with Gasteiger partial charge in [-0.15, -0.1) is 0 Å². The van der Waals surface area contributed by atoms with Crippen LogP contribution in [0.3, 0.4) is 0 Å². The number of anilines is 1. The van der Waals surface area contributed by atoms with Crippen LogP contribution in [0.15, 0.2) is 53.1 Å². The van der Waals surface area contributed by atoms with Crippen LogP contribution < -0.4 is 9.64 Å². The molecule has 0 saturated carbocycles. The van der Waals surface area contributed by atoms with Crippen molar-refractivity contribution in [1.82, 2.24) is 14.9 Å². The number of hydrogen-bond donors (Lipinski definition) is 0. The molecule has 30 heavy (non-hydrogen) atoms. The molecule has 0 N–H and O–H groups in total. The summed E-state index contributed by atoms with van der Waals surface area (Å²) in [4.78, 5) is 26.2. The first kappa shape index (κ1) is 18.6. The van der Waals surface area contributed by atoms with E-state index in [-0.39, 0.29) is 5.91 Å². The molecule has 0 spiro atoms. The van der Waals surface area contributed by atoms with Crippen molar-refractivity contribution in [3.05, 3.63) is 65.7 Å². The number of rotatable bonds is 4. The van der Waals surface area contributed by atoms with Crippen LogP contribution in [0.2, 0.25) is 0 Å². The Bertz CT molecular complexity index is 1020. The lowest BCUT2D eigenvalue weighted by atomic mass is 10.1. The van der Waals surface area contributed by atoms with Crippen LogP contribution in [0.1, 0.15) is 21.8 Å². The molecule has 1 fully saturated rings. The number of carbonyl (C=O) groups is 1. The second kappa shape index (κ2) is 8.16. The number of para-hydroxylation sites is 1. The molecule has 154 valence electrons. The minimum Gasteiger partial charge on any atom is -0.459 e. The zero-order chi connectivity index (χ0) is 20.3. The number of nitrogens with zero attached hydrogens (tertiary/aromatic N) is 4. The van der Waals surface area contributed by atoms with E-state index in [4.69, 9.17) is 23.9 Å². The fourth-order valence-corrected chi connectivity index (χ4v) is 3.69. The molecule has 0 bridgehead atoms. The molecule has 5 rings (SSSR count). The summed E-state index contributed by atoms with van der Waals surface area (Å²) in [6, 6.07) is 12.9. The highest BCUT2D eigenvalue weighted by atomic mass is 16.5. The third kappa shape index (κ3) is 3.73. The molecule has 1 saturated heterocycles. The average molecular weight is 406 g/mol. The van der Waals surface area contributed by atoms with E-state index in [1.54, 1.807) is 17.0 Å².